The topological polar surface area (TPSA) is 41.6 Å². The fourth-order valence-corrected chi connectivity index (χ4v) is 2.64. The highest BCUT2D eigenvalue weighted by molar-refractivity contribution is 6.35. The van der Waals surface area contributed by atoms with Crippen LogP contribution in [0, 0.1) is 0 Å². The van der Waals surface area contributed by atoms with E-state index in [9.17, 15) is 4.79 Å². The molecule has 110 valence electrons. The van der Waals surface area contributed by atoms with Crippen molar-refractivity contribution in [3.05, 3.63) is 33.8 Å². The molecule has 1 heterocycles. The van der Waals surface area contributed by atoms with Crippen molar-refractivity contribution in [3.63, 3.8) is 0 Å². The molecule has 1 amide bonds. The van der Waals surface area contributed by atoms with Gasteiger partial charge in [-0.3, -0.25) is 9.69 Å². The molecule has 1 aliphatic heterocycles. The van der Waals surface area contributed by atoms with Crippen molar-refractivity contribution in [2.45, 2.75) is 6.42 Å². The van der Waals surface area contributed by atoms with Crippen LogP contribution in [-0.2, 0) is 4.74 Å². The predicted molar refractivity (Wildman–Crippen MR) is 80.7 cm³/mol. The molecule has 0 spiro atoms. The average Bonchev–Trinajstić information content (AvgIpc) is 2.43. The number of ether oxygens (including phenoxy) is 1. The van der Waals surface area contributed by atoms with Gasteiger partial charge in [-0.1, -0.05) is 23.2 Å². The largest absolute Gasteiger partial charge is 0.379 e. The predicted octanol–water partition coefficient (Wildman–Crippen LogP) is 2.45. The Morgan fingerprint density at radius 1 is 1.20 bits per heavy atom. The standard InChI is InChI=1S/C14H18Cl2N2O2/c15-12-8-11(9-13(16)10-12)14(19)17-2-1-3-18-4-6-20-7-5-18/h8-10H,1-7H2,(H,17,19). The first-order valence-electron chi connectivity index (χ1n) is 6.69. The summed E-state index contributed by atoms with van der Waals surface area (Å²) in [6, 6.07) is 4.84. The number of morpholine rings is 1. The summed E-state index contributed by atoms with van der Waals surface area (Å²) in [5, 5.41) is 3.82. The number of hydrogen-bond acceptors (Lipinski definition) is 3. The lowest BCUT2D eigenvalue weighted by molar-refractivity contribution is 0.0374. The van der Waals surface area contributed by atoms with E-state index in [1.54, 1.807) is 18.2 Å². The molecule has 1 aromatic carbocycles. The maximum absolute atomic E-state index is 11.9. The van der Waals surface area contributed by atoms with Gasteiger partial charge in [0, 0.05) is 35.2 Å². The first-order chi connectivity index (χ1) is 9.65. The normalized spacial score (nSPS) is 16.1. The van der Waals surface area contributed by atoms with Crippen LogP contribution in [0.4, 0.5) is 0 Å². The Bertz CT molecular complexity index is 442. The van der Waals surface area contributed by atoms with Crippen LogP contribution in [0.3, 0.4) is 0 Å². The number of carbonyl (C=O) groups excluding carboxylic acids is 1. The summed E-state index contributed by atoms with van der Waals surface area (Å²) in [6.07, 6.45) is 0.917. The Labute approximate surface area is 129 Å². The molecule has 6 heteroatoms. The Kier molecular flexibility index (Phi) is 6.10. The minimum atomic E-state index is -0.142. The maximum atomic E-state index is 11.9. The Balaban J connectivity index is 1.71. The van der Waals surface area contributed by atoms with Crippen molar-refractivity contribution in [2.75, 3.05) is 39.4 Å². The van der Waals surface area contributed by atoms with Gasteiger partial charge in [-0.2, -0.15) is 0 Å². The second-order valence-corrected chi connectivity index (χ2v) is 5.59. The first kappa shape index (κ1) is 15.6. The minimum absolute atomic E-state index is 0.142. The van der Waals surface area contributed by atoms with Gasteiger partial charge in [-0.15, -0.1) is 0 Å². The van der Waals surface area contributed by atoms with Gasteiger partial charge in [-0.25, -0.2) is 0 Å². The number of rotatable bonds is 5. The van der Waals surface area contributed by atoms with Crippen LogP contribution in [0.15, 0.2) is 18.2 Å². The van der Waals surface area contributed by atoms with Crippen LogP contribution in [-0.4, -0.2) is 50.2 Å². The van der Waals surface area contributed by atoms with E-state index < -0.39 is 0 Å². The van der Waals surface area contributed by atoms with E-state index >= 15 is 0 Å². The zero-order valence-corrected chi connectivity index (χ0v) is 12.7. The first-order valence-corrected chi connectivity index (χ1v) is 7.45. The minimum Gasteiger partial charge on any atom is -0.379 e. The lowest BCUT2D eigenvalue weighted by Gasteiger charge is -2.26. The van der Waals surface area contributed by atoms with E-state index in [0.29, 0.717) is 22.2 Å². The van der Waals surface area contributed by atoms with Gasteiger partial charge in [0.2, 0.25) is 0 Å². The van der Waals surface area contributed by atoms with Gasteiger partial charge in [0.1, 0.15) is 0 Å². The SMILES string of the molecule is O=C(NCCCN1CCOCC1)c1cc(Cl)cc(Cl)c1. The zero-order chi connectivity index (χ0) is 14.4. The van der Waals surface area contributed by atoms with Crippen molar-refractivity contribution in [1.82, 2.24) is 10.2 Å². The van der Waals surface area contributed by atoms with Crippen molar-refractivity contribution in [2.24, 2.45) is 0 Å². The summed E-state index contributed by atoms with van der Waals surface area (Å²) < 4.78 is 5.29. The lowest BCUT2D eigenvalue weighted by Crippen LogP contribution is -2.38. The summed E-state index contributed by atoms with van der Waals surface area (Å²) in [6.45, 7) is 5.15. The van der Waals surface area contributed by atoms with Crippen LogP contribution in [0.2, 0.25) is 10.0 Å². The summed E-state index contributed by atoms with van der Waals surface area (Å²) in [5.41, 5.74) is 0.494. The number of amides is 1. The Hall–Kier alpha value is -0.810. The molecule has 0 aliphatic carbocycles. The molecule has 4 nitrogen and oxygen atoms in total. The number of nitrogens with zero attached hydrogens (tertiary/aromatic N) is 1. The molecule has 1 N–H and O–H groups in total. The molecule has 0 bridgehead atoms. The van der Waals surface area contributed by atoms with Crippen molar-refractivity contribution in [1.29, 1.82) is 0 Å². The smallest absolute Gasteiger partial charge is 0.251 e. The maximum Gasteiger partial charge on any atom is 0.251 e. The van der Waals surface area contributed by atoms with Crippen LogP contribution in [0.1, 0.15) is 16.8 Å². The van der Waals surface area contributed by atoms with Crippen molar-refractivity contribution < 1.29 is 9.53 Å². The van der Waals surface area contributed by atoms with Crippen molar-refractivity contribution >= 4 is 29.1 Å². The van der Waals surface area contributed by atoms with Crippen molar-refractivity contribution in [3.8, 4) is 0 Å². The molecule has 0 saturated carbocycles. The summed E-state index contributed by atoms with van der Waals surface area (Å²) in [4.78, 5) is 14.3. The molecular formula is C14H18Cl2N2O2. The van der Waals surface area contributed by atoms with Crippen LogP contribution < -0.4 is 5.32 Å². The molecule has 0 atom stereocenters. The number of nitrogens with one attached hydrogen (secondary N) is 1. The van der Waals surface area contributed by atoms with Crippen LogP contribution >= 0.6 is 23.2 Å². The Morgan fingerprint density at radius 3 is 2.50 bits per heavy atom. The lowest BCUT2D eigenvalue weighted by atomic mass is 10.2. The average molecular weight is 317 g/mol. The molecule has 20 heavy (non-hydrogen) atoms. The molecule has 1 aromatic rings. The van der Waals surface area contributed by atoms with E-state index in [-0.39, 0.29) is 5.91 Å². The van der Waals surface area contributed by atoms with E-state index in [2.05, 4.69) is 10.2 Å². The monoisotopic (exact) mass is 316 g/mol. The van der Waals surface area contributed by atoms with Gasteiger partial charge in [0.15, 0.2) is 0 Å². The summed E-state index contributed by atoms with van der Waals surface area (Å²) in [5.74, 6) is -0.142. The van der Waals surface area contributed by atoms with Gasteiger partial charge < -0.3 is 10.1 Å². The molecule has 2 rings (SSSR count). The molecule has 1 aliphatic rings. The Morgan fingerprint density at radius 2 is 1.85 bits per heavy atom. The molecule has 1 saturated heterocycles. The van der Waals surface area contributed by atoms with Gasteiger partial charge in [0.25, 0.3) is 5.91 Å². The zero-order valence-electron chi connectivity index (χ0n) is 11.2. The van der Waals surface area contributed by atoms with Crippen LogP contribution in [0.5, 0.6) is 0 Å². The third kappa shape index (κ3) is 4.94. The number of hydrogen-bond donors (Lipinski definition) is 1. The van der Waals surface area contributed by atoms with E-state index in [4.69, 9.17) is 27.9 Å². The highest BCUT2D eigenvalue weighted by Gasteiger charge is 2.10. The highest BCUT2D eigenvalue weighted by atomic mass is 35.5. The van der Waals surface area contributed by atoms with Gasteiger partial charge in [-0.05, 0) is 31.2 Å². The summed E-state index contributed by atoms with van der Waals surface area (Å²) in [7, 11) is 0. The highest BCUT2D eigenvalue weighted by Crippen LogP contribution is 2.18. The molecular weight excluding hydrogens is 299 g/mol. The van der Waals surface area contributed by atoms with Crippen LogP contribution in [0.25, 0.3) is 0 Å². The third-order valence-corrected chi connectivity index (χ3v) is 3.60. The fourth-order valence-electron chi connectivity index (χ4n) is 2.12. The molecule has 0 unspecified atom stereocenters. The quantitative estimate of drug-likeness (QED) is 0.848. The molecule has 1 fully saturated rings. The molecule has 0 aromatic heterocycles. The number of benzene rings is 1. The third-order valence-electron chi connectivity index (χ3n) is 3.17. The summed E-state index contributed by atoms with van der Waals surface area (Å²) >= 11 is 11.7. The second kappa shape index (κ2) is 7.84. The fraction of sp³-hybridized carbons (Fsp3) is 0.500. The second-order valence-electron chi connectivity index (χ2n) is 4.72. The molecule has 0 radical (unpaired) electrons. The number of halogens is 2. The van der Waals surface area contributed by atoms with E-state index in [1.807, 2.05) is 0 Å². The van der Waals surface area contributed by atoms with Gasteiger partial charge in [0.05, 0.1) is 13.2 Å². The van der Waals surface area contributed by atoms with E-state index in [1.165, 1.54) is 0 Å². The van der Waals surface area contributed by atoms with Gasteiger partial charge >= 0.3 is 0 Å². The van der Waals surface area contributed by atoms with E-state index in [0.717, 1.165) is 39.3 Å². The number of carbonyl (C=O) groups is 1.